The summed E-state index contributed by atoms with van der Waals surface area (Å²) in [4.78, 5) is 22.1. The number of carboxylic acid groups (broad SMARTS) is 2. The van der Waals surface area contributed by atoms with Crippen LogP contribution in [0, 0.1) is 23.7 Å². The molecule has 0 radical (unpaired) electrons. The Hall–Kier alpha value is -1.36. The van der Waals surface area contributed by atoms with Crippen molar-refractivity contribution in [3.63, 3.8) is 0 Å². The van der Waals surface area contributed by atoms with Crippen LogP contribution in [0.25, 0.3) is 0 Å². The number of hydrogen-bond acceptors (Lipinski definition) is 3. The van der Waals surface area contributed by atoms with E-state index < -0.39 is 29.8 Å². The lowest BCUT2D eigenvalue weighted by Crippen LogP contribution is -2.52. The number of hydrogen-bond donors (Lipinski definition) is 3. The summed E-state index contributed by atoms with van der Waals surface area (Å²) in [7, 11) is 0. The molecular weight excluding hydrogens is 210 g/mol. The van der Waals surface area contributed by atoms with Crippen molar-refractivity contribution in [1.29, 1.82) is 0 Å². The van der Waals surface area contributed by atoms with E-state index in [1.165, 1.54) is 0 Å². The molecule has 2 bridgehead atoms. The van der Waals surface area contributed by atoms with Crippen molar-refractivity contribution in [2.75, 3.05) is 0 Å². The molecule has 5 atom stereocenters. The molecule has 0 amide bonds. The second-order valence-electron chi connectivity index (χ2n) is 4.60. The fraction of sp³-hybridized carbons (Fsp3) is 0.636. The van der Waals surface area contributed by atoms with E-state index in [4.69, 9.17) is 10.8 Å². The number of carbonyl (C=O) groups is 2. The zero-order valence-corrected chi connectivity index (χ0v) is 8.74. The summed E-state index contributed by atoms with van der Waals surface area (Å²) in [5.74, 6) is -3.22. The molecule has 1 fully saturated rings. The minimum atomic E-state index is -1.11. The quantitative estimate of drug-likeness (QED) is 0.600. The molecule has 0 saturated heterocycles. The Morgan fingerprint density at radius 1 is 1.19 bits per heavy atom. The standard InChI is InChI=1S/C11H15NO4/c12-9(11(15)16)7-5-1-3-6(4-2-5)8(7)10(13)14/h1,3,5-9H,2,4,12H2,(H,13,14)(H,15,16)/t5?,6?,7-,8-,9?/m1/s1. The van der Waals surface area contributed by atoms with Gasteiger partial charge in [-0.25, -0.2) is 0 Å². The van der Waals surface area contributed by atoms with E-state index in [2.05, 4.69) is 0 Å². The molecule has 0 aromatic carbocycles. The lowest BCUT2D eigenvalue weighted by atomic mass is 9.60. The van der Waals surface area contributed by atoms with Crippen LogP contribution in [0.2, 0.25) is 0 Å². The topological polar surface area (TPSA) is 101 Å². The van der Waals surface area contributed by atoms with Gasteiger partial charge in [-0.2, -0.15) is 0 Å². The summed E-state index contributed by atoms with van der Waals surface area (Å²) in [6.07, 6.45) is 5.50. The first-order chi connectivity index (χ1) is 7.52. The predicted octanol–water partition coefficient (Wildman–Crippen LogP) is 0.311. The number of carboxylic acids is 2. The molecule has 16 heavy (non-hydrogen) atoms. The van der Waals surface area contributed by atoms with Crippen LogP contribution >= 0.6 is 0 Å². The van der Waals surface area contributed by atoms with Crippen LogP contribution in [0.3, 0.4) is 0 Å². The SMILES string of the molecule is NC(C(=O)O)[C@@H]1C2C=CC(CC2)[C@H]1C(=O)O. The highest BCUT2D eigenvalue weighted by Crippen LogP contribution is 2.46. The lowest BCUT2D eigenvalue weighted by molar-refractivity contribution is -0.151. The average molecular weight is 225 g/mol. The van der Waals surface area contributed by atoms with Gasteiger partial charge in [0.15, 0.2) is 0 Å². The lowest BCUT2D eigenvalue weighted by Gasteiger charge is -2.44. The molecule has 3 rings (SSSR count). The third-order valence-corrected chi connectivity index (χ3v) is 3.79. The van der Waals surface area contributed by atoms with E-state index in [-0.39, 0.29) is 11.8 Å². The van der Waals surface area contributed by atoms with E-state index in [1.54, 1.807) is 0 Å². The van der Waals surface area contributed by atoms with E-state index in [1.807, 2.05) is 12.2 Å². The molecule has 0 aliphatic heterocycles. The fourth-order valence-electron chi connectivity index (χ4n) is 3.04. The van der Waals surface area contributed by atoms with Crippen LogP contribution in [-0.2, 0) is 9.59 Å². The molecule has 3 aliphatic carbocycles. The van der Waals surface area contributed by atoms with Crippen molar-refractivity contribution < 1.29 is 19.8 Å². The molecule has 0 aromatic heterocycles. The Balaban J connectivity index is 2.31. The third-order valence-electron chi connectivity index (χ3n) is 3.79. The predicted molar refractivity (Wildman–Crippen MR) is 55.6 cm³/mol. The maximum atomic E-state index is 11.2. The Morgan fingerprint density at radius 2 is 1.75 bits per heavy atom. The van der Waals surface area contributed by atoms with Gasteiger partial charge in [-0.15, -0.1) is 0 Å². The van der Waals surface area contributed by atoms with Crippen molar-refractivity contribution in [3.8, 4) is 0 Å². The molecule has 4 N–H and O–H groups in total. The maximum absolute atomic E-state index is 11.2. The van der Waals surface area contributed by atoms with Crippen LogP contribution in [0.4, 0.5) is 0 Å². The molecule has 0 spiro atoms. The minimum absolute atomic E-state index is 0.00259. The van der Waals surface area contributed by atoms with Gasteiger partial charge < -0.3 is 15.9 Å². The van der Waals surface area contributed by atoms with E-state index >= 15 is 0 Å². The molecule has 3 aliphatic rings. The summed E-state index contributed by atoms with van der Waals surface area (Å²) in [6.45, 7) is 0. The van der Waals surface area contributed by atoms with Crippen molar-refractivity contribution >= 4 is 11.9 Å². The third kappa shape index (κ3) is 1.61. The van der Waals surface area contributed by atoms with Gasteiger partial charge in [0.05, 0.1) is 5.92 Å². The van der Waals surface area contributed by atoms with Gasteiger partial charge in [0.2, 0.25) is 0 Å². The Labute approximate surface area is 92.9 Å². The number of aliphatic carboxylic acids is 2. The molecule has 0 aromatic rings. The van der Waals surface area contributed by atoms with Gasteiger partial charge in [0.25, 0.3) is 0 Å². The van der Waals surface area contributed by atoms with Crippen LogP contribution < -0.4 is 5.73 Å². The first-order valence-corrected chi connectivity index (χ1v) is 5.42. The summed E-state index contributed by atoms with van der Waals surface area (Å²) in [5, 5.41) is 18.1. The normalized spacial score (nSPS) is 38.3. The van der Waals surface area contributed by atoms with Crippen molar-refractivity contribution in [3.05, 3.63) is 12.2 Å². The van der Waals surface area contributed by atoms with Crippen LogP contribution in [0.15, 0.2) is 12.2 Å². The van der Waals surface area contributed by atoms with Crippen LogP contribution in [-0.4, -0.2) is 28.2 Å². The van der Waals surface area contributed by atoms with Gasteiger partial charge in [-0.1, -0.05) is 12.2 Å². The smallest absolute Gasteiger partial charge is 0.320 e. The molecule has 0 heterocycles. The number of allylic oxidation sites excluding steroid dienone is 2. The molecule has 88 valence electrons. The largest absolute Gasteiger partial charge is 0.481 e. The number of nitrogens with two attached hydrogens (primary N) is 1. The first kappa shape index (κ1) is 11.1. The Bertz CT molecular complexity index is 352. The van der Waals surface area contributed by atoms with Crippen molar-refractivity contribution in [1.82, 2.24) is 0 Å². The van der Waals surface area contributed by atoms with Crippen LogP contribution in [0.5, 0.6) is 0 Å². The molecule has 5 nitrogen and oxygen atoms in total. The highest BCUT2D eigenvalue weighted by molar-refractivity contribution is 5.77. The van der Waals surface area contributed by atoms with Crippen molar-refractivity contribution in [2.24, 2.45) is 29.4 Å². The summed E-state index contributed by atoms with van der Waals surface area (Å²) >= 11 is 0. The second-order valence-corrected chi connectivity index (χ2v) is 4.60. The number of fused-ring (bicyclic) bond motifs is 2. The van der Waals surface area contributed by atoms with Gasteiger partial charge in [0, 0.05) is 5.92 Å². The number of rotatable bonds is 3. The highest BCUT2D eigenvalue weighted by Gasteiger charge is 2.48. The van der Waals surface area contributed by atoms with Gasteiger partial charge in [-0.05, 0) is 24.7 Å². The fourth-order valence-corrected chi connectivity index (χ4v) is 3.04. The average Bonchev–Trinajstić information content (AvgIpc) is 2.28. The van der Waals surface area contributed by atoms with E-state index in [9.17, 15) is 14.7 Å². The zero-order chi connectivity index (χ0) is 11.9. The van der Waals surface area contributed by atoms with E-state index in [0.29, 0.717) is 0 Å². The monoisotopic (exact) mass is 225 g/mol. The molecular formula is C11H15NO4. The molecule has 1 saturated carbocycles. The van der Waals surface area contributed by atoms with Gasteiger partial charge in [-0.3, -0.25) is 9.59 Å². The molecule has 5 heteroatoms. The van der Waals surface area contributed by atoms with E-state index in [0.717, 1.165) is 12.8 Å². The first-order valence-electron chi connectivity index (χ1n) is 5.42. The van der Waals surface area contributed by atoms with Gasteiger partial charge in [0.1, 0.15) is 6.04 Å². The highest BCUT2D eigenvalue weighted by atomic mass is 16.4. The zero-order valence-electron chi connectivity index (χ0n) is 8.74. The Morgan fingerprint density at radius 3 is 2.19 bits per heavy atom. The van der Waals surface area contributed by atoms with Crippen molar-refractivity contribution in [2.45, 2.75) is 18.9 Å². The Kier molecular flexibility index (Phi) is 2.71. The maximum Gasteiger partial charge on any atom is 0.320 e. The van der Waals surface area contributed by atoms with Crippen LogP contribution in [0.1, 0.15) is 12.8 Å². The molecule has 3 unspecified atom stereocenters. The second kappa shape index (κ2) is 3.90. The minimum Gasteiger partial charge on any atom is -0.481 e. The summed E-state index contributed by atoms with van der Waals surface area (Å²) in [5.41, 5.74) is 5.61. The summed E-state index contributed by atoms with van der Waals surface area (Å²) in [6, 6.07) is -1.08. The summed E-state index contributed by atoms with van der Waals surface area (Å²) < 4.78 is 0. The van der Waals surface area contributed by atoms with Gasteiger partial charge >= 0.3 is 11.9 Å².